The minimum Gasteiger partial charge on any atom is -0.493 e. The van der Waals surface area contributed by atoms with Crippen LogP contribution >= 0.6 is 0 Å². The third-order valence-electron chi connectivity index (χ3n) is 4.30. The molecule has 0 aliphatic rings. The van der Waals surface area contributed by atoms with Crippen LogP contribution in [0.1, 0.15) is 26.3 Å². The summed E-state index contributed by atoms with van der Waals surface area (Å²) in [5, 5.41) is 2.65. The number of benzene rings is 2. The Bertz CT molecular complexity index is 1040. The average molecular weight is 457 g/mol. The van der Waals surface area contributed by atoms with E-state index in [4.69, 9.17) is 9.47 Å². The van der Waals surface area contributed by atoms with Crippen molar-refractivity contribution in [2.24, 2.45) is 0 Å². The molecule has 0 radical (unpaired) electrons. The van der Waals surface area contributed by atoms with Crippen LogP contribution in [0.5, 0.6) is 11.5 Å². The van der Waals surface area contributed by atoms with Gasteiger partial charge in [0.25, 0.3) is 0 Å². The number of amides is 1. The van der Waals surface area contributed by atoms with Crippen LogP contribution in [0.4, 0.5) is 14.5 Å². The minimum atomic E-state index is -3.96. The highest BCUT2D eigenvalue weighted by Crippen LogP contribution is 2.29. The van der Waals surface area contributed by atoms with Crippen molar-refractivity contribution >= 4 is 21.6 Å². The zero-order chi connectivity index (χ0) is 23.3. The van der Waals surface area contributed by atoms with Crippen molar-refractivity contribution in [1.82, 2.24) is 5.32 Å². The molecule has 0 fully saturated rings. The van der Waals surface area contributed by atoms with E-state index in [1.54, 1.807) is 18.2 Å². The lowest BCUT2D eigenvalue weighted by Gasteiger charge is -2.28. The van der Waals surface area contributed by atoms with Gasteiger partial charge in [-0.25, -0.2) is 17.2 Å². The molecular formula is C21H26F2N2O5S. The molecular weight excluding hydrogens is 430 g/mol. The van der Waals surface area contributed by atoms with E-state index in [2.05, 4.69) is 5.32 Å². The highest BCUT2D eigenvalue weighted by atomic mass is 32.2. The highest BCUT2D eigenvalue weighted by Gasteiger charge is 2.29. The highest BCUT2D eigenvalue weighted by molar-refractivity contribution is 7.92. The normalized spacial score (nSPS) is 12.4. The Morgan fingerprint density at radius 3 is 2.29 bits per heavy atom. The fourth-order valence-corrected chi connectivity index (χ4v) is 4.11. The Morgan fingerprint density at radius 1 is 1.06 bits per heavy atom. The van der Waals surface area contributed by atoms with Crippen molar-refractivity contribution in [3.05, 3.63) is 53.6 Å². The summed E-state index contributed by atoms with van der Waals surface area (Å²) in [6, 6.07) is 6.60. The molecule has 0 unspecified atom stereocenters. The quantitative estimate of drug-likeness (QED) is 0.626. The van der Waals surface area contributed by atoms with E-state index in [-0.39, 0.29) is 18.3 Å². The lowest BCUT2D eigenvalue weighted by atomic mass is 10.2. The fraction of sp³-hybridized carbons (Fsp3) is 0.381. The number of rotatable bonds is 9. The van der Waals surface area contributed by atoms with Crippen LogP contribution in [0.15, 0.2) is 36.4 Å². The van der Waals surface area contributed by atoms with Crippen LogP contribution in [0.25, 0.3) is 0 Å². The molecule has 7 nitrogen and oxygen atoms in total. The molecule has 1 atom stereocenters. The molecule has 1 amide bonds. The van der Waals surface area contributed by atoms with Crippen molar-refractivity contribution in [2.45, 2.75) is 39.5 Å². The molecule has 0 aliphatic heterocycles. The standard InChI is InChI=1S/C21H26F2N2O5S/c1-13(2)30-19-9-6-15(10-20(19)29-4)12-24-21(26)14(3)25(31(5,27)28)16-7-8-17(22)18(23)11-16/h6-11,13-14H,12H2,1-5H3,(H,24,26)/t14-/m0/s1. The van der Waals surface area contributed by atoms with Crippen molar-refractivity contribution in [1.29, 1.82) is 0 Å². The molecule has 0 aliphatic carbocycles. The van der Waals surface area contributed by atoms with Crippen molar-refractivity contribution in [3.8, 4) is 11.5 Å². The summed E-state index contributed by atoms with van der Waals surface area (Å²) in [4.78, 5) is 12.7. The number of ether oxygens (including phenoxy) is 2. The number of carbonyl (C=O) groups excluding carboxylic acids is 1. The summed E-state index contributed by atoms with van der Waals surface area (Å²) < 4.78 is 63.1. The van der Waals surface area contributed by atoms with Gasteiger partial charge in [0.2, 0.25) is 15.9 Å². The SMILES string of the molecule is COc1cc(CNC(=O)[C@H](C)N(c2ccc(F)c(F)c2)S(C)(=O)=O)ccc1OC(C)C. The van der Waals surface area contributed by atoms with Gasteiger partial charge >= 0.3 is 0 Å². The lowest BCUT2D eigenvalue weighted by molar-refractivity contribution is -0.122. The number of nitrogens with zero attached hydrogens (tertiary/aromatic N) is 1. The molecule has 2 rings (SSSR count). The summed E-state index contributed by atoms with van der Waals surface area (Å²) in [6.45, 7) is 5.22. The number of halogens is 2. The van der Waals surface area contributed by atoms with E-state index in [0.29, 0.717) is 17.1 Å². The van der Waals surface area contributed by atoms with Crippen LogP contribution in [0, 0.1) is 11.6 Å². The van der Waals surface area contributed by atoms with Crippen LogP contribution in [0.3, 0.4) is 0 Å². The molecule has 0 spiro atoms. The second-order valence-electron chi connectivity index (χ2n) is 7.20. The summed E-state index contributed by atoms with van der Waals surface area (Å²) in [7, 11) is -2.46. The number of methoxy groups -OCH3 is 1. The number of carbonyl (C=O) groups is 1. The van der Waals surface area contributed by atoms with Gasteiger partial charge in [-0.1, -0.05) is 6.07 Å². The first-order valence-electron chi connectivity index (χ1n) is 9.49. The van der Waals surface area contributed by atoms with E-state index in [1.807, 2.05) is 13.8 Å². The Labute approximate surface area is 181 Å². The van der Waals surface area contributed by atoms with E-state index in [1.165, 1.54) is 14.0 Å². The first kappa shape index (κ1) is 24.4. The summed E-state index contributed by atoms with van der Waals surface area (Å²) >= 11 is 0. The maximum absolute atomic E-state index is 13.6. The number of nitrogens with one attached hydrogen (secondary N) is 1. The third kappa shape index (κ3) is 6.30. The number of sulfonamides is 1. The van der Waals surface area contributed by atoms with E-state index >= 15 is 0 Å². The van der Waals surface area contributed by atoms with Crippen molar-refractivity contribution in [3.63, 3.8) is 0 Å². The molecule has 2 aromatic carbocycles. The Balaban J connectivity index is 2.18. The fourth-order valence-electron chi connectivity index (χ4n) is 2.94. The Hall–Kier alpha value is -2.88. The molecule has 0 bridgehead atoms. The van der Waals surface area contributed by atoms with Gasteiger partial charge in [0.05, 0.1) is 25.2 Å². The van der Waals surface area contributed by atoms with Crippen LogP contribution < -0.4 is 19.1 Å². The van der Waals surface area contributed by atoms with Crippen LogP contribution in [-0.4, -0.2) is 39.8 Å². The van der Waals surface area contributed by atoms with Crippen LogP contribution in [-0.2, 0) is 21.4 Å². The maximum atomic E-state index is 13.6. The second kappa shape index (κ2) is 9.95. The first-order valence-corrected chi connectivity index (χ1v) is 11.3. The first-order chi connectivity index (χ1) is 14.4. The van der Waals surface area contributed by atoms with Crippen LogP contribution in [0.2, 0.25) is 0 Å². The molecule has 31 heavy (non-hydrogen) atoms. The molecule has 1 N–H and O–H groups in total. The molecule has 0 saturated carbocycles. The Kier molecular flexibility index (Phi) is 7.83. The van der Waals surface area contributed by atoms with Gasteiger partial charge in [0, 0.05) is 12.6 Å². The second-order valence-corrected chi connectivity index (χ2v) is 9.06. The van der Waals surface area contributed by atoms with Gasteiger partial charge in [-0.05, 0) is 50.6 Å². The van der Waals surface area contributed by atoms with Gasteiger partial charge < -0.3 is 14.8 Å². The molecule has 0 heterocycles. The summed E-state index contributed by atoms with van der Waals surface area (Å²) in [6.07, 6.45) is 0.842. The molecule has 2 aromatic rings. The van der Waals surface area contributed by atoms with E-state index in [0.717, 1.165) is 28.8 Å². The predicted octanol–water partition coefficient (Wildman–Crippen LogP) is 3.23. The lowest BCUT2D eigenvalue weighted by Crippen LogP contribution is -2.47. The minimum absolute atomic E-state index is 0.0430. The van der Waals surface area contributed by atoms with Gasteiger partial charge in [0.1, 0.15) is 6.04 Å². The molecule has 0 saturated heterocycles. The smallest absolute Gasteiger partial charge is 0.243 e. The molecule has 10 heteroatoms. The average Bonchev–Trinajstić information content (AvgIpc) is 2.68. The maximum Gasteiger partial charge on any atom is 0.243 e. The third-order valence-corrected chi connectivity index (χ3v) is 5.55. The number of hydrogen-bond donors (Lipinski definition) is 1. The Morgan fingerprint density at radius 2 is 1.74 bits per heavy atom. The van der Waals surface area contributed by atoms with Gasteiger partial charge in [0.15, 0.2) is 23.1 Å². The molecule has 170 valence electrons. The van der Waals surface area contributed by atoms with Crippen molar-refractivity contribution in [2.75, 3.05) is 17.7 Å². The monoisotopic (exact) mass is 456 g/mol. The van der Waals surface area contributed by atoms with Gasteiger partial charge in [-0.3, -0.25) is 9.10 Å². The summed E-state index contributed by atoms with van der Waals surface area (Å²) in [5.74, 6) is -1.89. The van der Waals surface area contributed by atoms with E-state index < -0.39 is 33.6 Å². The predicted molar refractivity (Wildman–Crippen MR) is 114 cm³/mol. The molecule has 0 aromatic heterocycles. The zero-order valence-electron chi connectivity index (χ0n) is 18.0. The van der Waals surface area contributed by atoms with Gasteiger partial charge in [-0.15, -0.1) is 0 Å². The topological polar surface area (TPSA) is 84.9 Å². The zero-order valence-corrected chi connectivity index (χ0v) is 18.8. The van der Waals surface area contributed by atoms with Gasteiger partial charge in [-0.2, -0.15) is 0 Å². The number of hydrogen-bond acceptors (Lipinski definition) is 5. The summed E-state index contributed by atoms with van der Waals surface area (Å²) in [5.41, 5.74) is 0.549. The number of anilines is 1. The van der Waals surface area contributed by atoms with E-state index in [9.17, 15) is 22.0 Å². The van der Waals surface area contributed by atoms with Crippen molar-refractivity contribution < 1.29 is 31.5 Å². The largest absolute Gasteiger partial charge is 0.493 e.